The second-order valence-corrected chi connectivity index (χ2v) is 19.7. The van der Waals surface area contributed by atoms with Crippen LogP contribution in [-0.2, 0) is 25.7 Å². The van der Waals surface area contributed by atoms with Crippen LogP contribution in [0.4, 0.5) is 21.5 Å². The molecule has 0 unspecified atom stereocenters. The Kier molecular flexibility index (Phi) is 17.5. The third kappa shape index (κ3) is 14.3. The molecule has 360 valence electrons. The Hall–Kier alpha value is -5.87. The quantitative estimate of drug-likeness (QED) is 0.0311. The van der Waals surface area contributed by atoms with Gasteiger partial charge in [0.2, 0.25) is 17.7 Å². The van der Waals surface area contributed by atoms with Gasteiger partial charge in [-0.1, -0.05) is 90.0 Å². The van der Waals surface area contributed by atoms with Crippen LogP contribution in [-0.4, -0.2) is 81.5 Å². The van der Waals surface area contributed by atoms with Gasteiger partial charge in [0.1, 0.15) is 17.8 Å². The molecule has 0 radical (unpaired) electrons. The number of nitrogens with one attached hydrogen (secondary N) is 4. The highest BCUT2D eigenvalue weighted by molar-refractivity contribution is 7.13. The number of anilines is 3. The molecule has 16 heteroatoms. The summed E-state index contributed by atoms with van der Waals surface area (Å²) in [5.74, 6) is -1.48. The van der Waals surface area contributed by atoms with Crippen LogP contribution < -0.4 is 31.7 Å². The van der Waals surface area contributed by atoms with Crippen molar-refractivity contribution >= 4 is 57.9 Å². The molecule has 5 amide bonds. The van der Waals surface area contributed by atoms with Gasteiger partial charge in [-0.15, -0.1) is 11.3 Å². The predicted octanol–water partition coefficient (Wildman–Crippen LogP) is 8.48. The molecule has 1 saturated carbocycles. The molecule has 2 fully saturated rings. The van der Waals surface area contributed by atoms with Crippen molar-refractivity contribution < 1.29 is 38.2 Å². The number of rotatable bonds is 23. The summed E-state index contributed by atoms with van der Waals surface area (Å²) in [7, 11) is 0. The molecular formula is C51H66FN7O7S. The second-order valence-electron chi connectivity index (χ2n) is 18.9. The van der Waals surface area contributed by atoms with Crippen molar-refractivity contribution in [3.63, 3.8) is 0 Å². The highest BCUT2D eigenvalue weighted by Gasteiger charge is 2.53. The van der Waals surface area contributed by atoms with E-state index in [2.05, 4.69) is 26.3 Å². The van der Waals surface area contributed by atoms with Gasteiger partial charge in [-0.3, -0.25) is 24.0 Å². The maximum absolute atomic E-state index is 14.6. The van der Waals surface area contributed by atoms with Gasteiger partial charge >= 0.3 is 0 Å². The van der Waals surface area contributed by atoms with Gasteiger partial charge in [0.05, 0.1) is 40.2 Å². The van der Waals surface area contributed by atoms with Crippen LogP contribution >= 0.6 is 11.3 Å². The van der Waals surface area contributed by atoms with Crippen molar-refractivity contribution in [2.24, 2.45) is 5.41 Å². The highest BCUT2D eigenvalue weighted by Crippen LogP contribution is 2.40. The minimum absolute atomic E-state index is 0.0378. The van der Waals surface area contributed by atoms with Gasteiger partial charge in [0.25, 0.3) is 11.8 Å². The number of likely N-dealkylation sites (tertiary alicyclic amines) is 1. The van der Waals surface area contributed by atoms with E-state index in [4.69, 9.17) is 10.5 Å². The fraction of sp³-hybridized carbons (Fsp3) is 0.490. The average Bonchev–Trinajstić information content (AvgIpc) is 3.70. The van der Waals surface area contributed by atoms with Crippen molar-refractivity contribution in [2.75, 3.05) is 29.5 Å². The van der Waals surface area contributed by atoms with E-state index >= 15 is 0 Å². The first-order chi connectivity index (χ1) is 32.0. The number of carbonyl (C=O) groups is 5. The van der Waals surface area contributed by atoms with Crippen LogP contribution in [0.2, 0.25) is 0 Å². The van der Waals surface area contributed by atoms with Gasteiger partial charge in [-0.25, -0.2) is 9.37 Å². The summed E-state index contributed by atoms with van der Waals surface area (Å²) in [6, 6.07) is 17.6. The topological polar surface area (TPSA) is 205 Å². The van der Waals surface area contributed by atoms with Crippen LogP contribution in [0.3, 0.4) is 0 Å². The maximum Gasteiger partial charge on any atom is 0.258 e. The summed E-state index contributed by atoms with van der Waals surface area (Å²) in [5, 5.41) is 21.9. The van der Waals surface area contributed by atoms with E-state index in [1.165, 1.54) is 4.90 Å². The number of aromatic nitrogens is 1. The highest BCUT2D eigenvalue weighted by atomic mass is 32.1. The third-order valence-electron chi connectivity index (χ3n) is 12.3. The Morgan fingerprint density at radius 2 is 1.60 bits per heavy atom. The number of nitrogens with zero attached hydrogens (tertiary/aromatic N) is 2. The first-order valence-electron chi connectivity index (χ1n) is 23.5. The van der Waals surface area contributed by atoms with Crippen molar-refractivity contribution in [1.82, 2.24) is 20.5 Å². The number of amides is 5. The molecule has 1 aromatic heterocycles. The van der Waals surface area contributed by atoms with E-state index in [9.17, 15) is 33.5 Å². The Labute approximate surface area is 397 Å². The summed E-state index contributed by atoms with van der Waals surface area (Å²) < 4.78 is 21.0. The number of carbonyl (C=O) groups excluding carboxylic acids is 5. The van der Waals surface area contributed by atoms with Gasteiger partial charge in [0.15, 0.2) is 5.67 Å². The summed E-state index contributed by atoms with van der Waals surface area (Å²) in [4.78, 5) is 72.2. The minimum Gasteiger partial charge on any atom is -0.493 e. The Balaban J connectivity index is 0.893. The molecule has 4 aromatic rings. The van der Waals surface area contributed by atoms with E-state index in [1.54, 1.807) is 86.1 Å². The molecule has 14 nitrogen and oxygen atoms in total. The number of ether oxygens (including phenoxy) is 1. The van der Waals surface area contributed by atoms with Crippen LogP contribution in [0, 0.1) is 12.3 Å². The van der Waals surface area contributed by atoms with Gasteiger partial charge in [0, 0.05) is 42.7 Å². The number of aliphatic hydroxyl groups excluding tert-OH is 1. The summed E-state index contributed by atoms with van der Waals surface area (Å²) >= 11 is 1.54. The lowest BCUT2D eigenvalue weighted by molar-refractivity contribution is -0.145. The number of nitrogen functional groups attached to an aromatic ring is 1. The molecule has 67 heavy (non-hydrogen) atoms. The monoisotopic (exact) mass is 939 g/mol. The SMILES string of the molecule is Cc1ncsc1-c1ccc(CNC(=O)[C@@H]2C[C@@H](O)CN2C(=O)[C@@H](NC(=O)C2(F)CC2)C(C)(C)C)c(OCCCCCCCCCCCC(=O)Nc2ccc(C(=O)Nc3ccccc3N)cc2)c1. The van der Waals surface area contributed by atoms with Gasteiger partial charge in [-0.2, -0.15) is 0 Å². The molecular weight excluding hydrogens is 874 g/mol. The summed E-state index contributed by atoms with van der Waals surface area (Å²) in [5.41, 5.74) is 9.75. The largest absolute Gasteiger partial charge is 0.493 e. The fourth-order valence-electron chi connectivity index (χ4n) is 8.11. The fourth-order valence-corrected chi connectivity index (χ4v) is 8.92. The molecule has 2 aliphatic rings. The number of hydrogen-bond acceptors (Lipinski definition) is 10. The zero-order valence-corrected chi connectivity index (χ0v) is 39.9. The number of nitrogens with two attached hydrogens (primary N) is 1. The summed E-state index contributed by atoms with van der Waals surface area (Å²) in [6.45, 7) is 7.80. The maximum atomic E-state index is 14.6. The zero-order chi connectivity index (χ0) is 48.1. The minimum atomic E-state index is -1.97. The van der Waals surface area contributed by atoms with E-state index in [0.29, 0.717) is 41.4 Å². The van der Waals surface area contributed by atoms with Crippen molar-refractivity contribution in [3.8, 4) is 16.2 Å². The van der Waals surface area contributed by atoms with Crippen LogP contribution in [0.15, 0.2) is 72.2 Å². The molecule has 1 aliphatic carbocycles. The molecule has 3 atom stereocenters. The number of aliphatic hydroxyl groups is 1. The van der Waals surface area contributed by atoms with Crippen LogP contribution in [0.5, 0.6) is 5.75 Å². The first-order valence-corrected chi connectivity index (χ1v) is 24.4. The van der Waals surface area contributed by atoms with Crippen molar-refractivity contribution in [3.05, 3.63) is 89.1 Å². The average molecular weight is 940 g/mol. The normalized spacial score (nSPS) is 16.8. The van der Waals surface area contributed by atoms with E-state index in [1.807, 2.05) is 25.1 Å². The van der Waals surface area contributed by atoms with Gasteiger partial charge in [-0.05, 0) is 86.1 Å². The Bertz CT molecular complexity index is 2350. The van der Waals surface area contributed by atoms with E-state index in [0.717, 1.165) is 79.5 Å². The van der Waals surface area contributed by atoms with Crippen molar-refractivity contribution in [1.29, 1.82) is 0 Å². The predicted molar refractivity (Wildman–Crippen MR) is 260 cm³/mol. The van der Waals surface area contributed by atoms with E-state index in [-0.39, 0.29) is 44.2 Å². The van der Waals surface area contributed by atoms with E-state index < -0.39 is 47.0 Å². The number of unbranched alkanes of at least 4 members (excludes halogenated alkanes) is 8. The number of hydrogen-bond donors (Lipinski definition) is 6. The van der Waals surface area contributed by atoms with Gasteiger partial charge < -0.3 is 41.7 Å². The Morgan fingerprint density at radius 1 is 0.925 bits per heavy atom. The molecule has 1 saturated heterocycles. The zero-order valence-electron chi connectivity index (χ0n) is 39.1. The number of benzene rings is 3. The number of β-amino-alcohol motifs (C(OH)–C–C–N with tert-alkyl or cyclic N) is 1. The smallest absolute Gasteiger partial charge is 0.258 e. The molecule has 0 bridgehead atoms. The summed E-state index contributed by atoms with van der Waals surface area (Å²) in [6.07, 6.45) is 8.88. The molecule has 6 rings (SSSR count). The first kappa shape index (κ1) is 50.5. The standard InChI is InChI=1S/C51H66FN7O7S/c1-33-44(67-32-55-33)35-19-20-36(30-54-47(63)41-29-38(60)31-59(41)48(64)45(50(2,3)4)58-49(65)51(52)25-26-51)42(28-35)66-27-15-11-9-7-5-6-8-10-12-18-43(61)56-37-23-21-34(22-24-37)46(62)57-40-17-14-13-16-39(40)53/h13-14,16-17,19-24,28,32,38,41,45,60H,5-12,15,18,25-27,29-31,53H2,1-4H3,(H,54,63)(H,56,61)(H,57,62)(H,58,65)/t38-,41+,45-/m1/s1. The molecule has 3 aromatic carbocycles. The number of alkyl halides is 1. The molecule has 0 spiro atoms. The Morgan fingerprint density at radius 3 is 2.24 bits per heavy atom. The molecule has 2 heterocycles. The third-order valence-corrected chi connectivity index (χ3v) is 13.3. The second kappa shape index (κ2) is 23.2. The number of para-hydroxylation sites is 2. The number of aryl methyl sites for hydroxylation is 1. The van der Waals surface area contributed by atoms with Crippen LogP contribution in [0.25, 0.3) is 10.4 Å². The number of thiazole rings is 1. The molecule has 1 aliphatic heterocycles. The van der Waals surface area contributed by atoms with Crippen molar-refractivity contribution in [2.45, 2.75) is 142 Å². The lowest BCUT2D eigenvalue weighted by Gasteiger charge is -2.35. The van der Waals surface area contributed by atoms with Crippen LogP contribution in [0.1, 0.15) is 126 Å². The lowest BCUT2D eigenvalue weighted by atomic mass is 9.85. The number of halogens is 1. The molecule has 7 N–H and O–H groups in total. The lowest BCUT2D eigenvalue weighted by Crippen LogP contribution is -2.59.